The summed E-state index contributed by atoms with van der Waals surface area (Å²) in [5.41, 5.74) is 0. The third kappa shape index (κ3) is 4.50. The number of carbonyl (C=O) groups is 2. The van der Waals surface area contributed by atoms with Gasteiger partial charge in [-0.2, -0.15) is 0 Å². The summed E-state index contributed by atoms with van der Waals surface area (Å²) in [7, 11) is 0. The maximum absolute atomic E-state index is 12.2. The Hall–Kier alpha value is -1.06. The molecule has 2 aliphatic carbocycles. The lowest BCUT2D eigenvalue weighted by Gasteiger charge is -2.28. The topological polar surface area (TPSA) is 49.4 Å². The van der Waals surface area contributed by atoms with E-state index < -0.39 is 0 Å². The van der Waals surface area contributed by atoms with Crippen LogP contribution in [0.5, 0.6) is 0 Å². The Balaban J connectivity index is 1.82. The molecule has 0 atom stereocenters. The highest BCUT2D eigenvalue weighted by molar-refractivity contribution is 5.84. The highest BCUT2D eigenvalue weighted by atomic mass is 16.2. The van der Waals surface area contributed by atoms with Gasteiger partial charge in [0.1, 0.15) is 0 Å². The minimum atomic E-state index is 0.0269. The fourth-order valence-electron chi connectivity index (χ4n) is 3.57. The lowest BCUT2D eigenvalue weighted by molar-refractivity contribution is -0.136. The Morgan fingerprint density at radius 3 is 2.05 bits per heavy atom. The number of nitrogens with one attached hydrogen (secondary N) is 1. The van der Waals surface area contributed by atoms with E-state index in [0.717, 1.165) is 25.7 Å². The number of rotatable bonds is 4. The van der Waals surface area contributed by atoms with Crippen LogP contribution < -0.4 is 5.32 Å². The number of amides is 2. The molecule has 2 aliphatic rings. The molecule has 20 heavy (non-hydrogen) atoms. The van der Waals surface area contributed by atoms with E-state index >= 15 is 0 Å². The summed E-state index contributed by atoms with van der Waals surface area (Å²) < 4.78 is 0. The van der Waals surface area contributed by atoms with Crippen molar-refractivity contribution in [3.63, 3.8) is 0 Å². The number of nitrogens with zero attached hydrogens (tertiary/aromatic N) is 1. The quantitative estimate of drug-likeness (QED) is 0.805. The first-order valence-corrected chi connectivity index (χ1v) is 8.23. The van der Waals surface area contributed by atoms with Crippen LogP contribution in [0.15, 0.2) is 0 Å². The highest BCUT2D eigenvalue weighted by Gasteiger charge is 2.26. The molecule has 114 valence electrons. The van der Waals surface area contributed by atoms with Crippen LogP contribution in [-0.2, 0) is 9.59 Å². The third-order valence-corrected chi connectivity index (χ3v) is 4.70. The molecule has 0 unspecified atom stereocenters. The predicted molar refractivity (Wildman–Crippen MR) is 79.3 cm³/mol. The lowest BCUT2D eigenvalue weighted by atomic mass is 10.1. The Morgan fingerprint density at radius 2 is 1.50 bits per heavy atom. The first-order valence-electron chi connectivity index (χ1n) is 8.23. The number of carbonyl (C=O) groups excluding carboxylic acids is 2. The van der Waals surface area contributed by atoms with E-state index in [1.165, 1.54) is 38.5 Å². The van der Waals surface area contributed by atoms with Crippen LogP contribution in [0, 0.1) is 0 Å². The smallest absolute Gasteiger partial charge is 0.239 e. The average molecular weight is 280 g/mol. The Kier molecular flexibility index (Phi) is 5.86. The first-order chi connectivity index (χ1) is 9.66. The SMILES string of the molecule is CC(=O)N(CC(=O)NC1CCCCCC1)C1CCCC1. The van der Waals surface area contributed by atoms with Crippen molar-refractivity contribution < 1.29 is 9.59 Å². The van der Waals surface area contributed by atoms with Gasteiger partial charge in [0.05, 0.1) is 6.54 Å². The molecule has 2 amide bonds. The zero-order valence-corrected chi connectivity index (χ0v) is 12.7. The molecule has 1 N–H and O–H groups in total. The van der Waals surface area contributed by atoms with Gasteiger partial charge in [-0.1, -0.05) is 38.5 Å². The molecule has 0 spiro atoms. The summed E-state index contributed by atoms with van der Waals surface area (Å²) in [6.07, 6.45) is 11.6. The van der Waals surface area contributed by atoms with Crippen LogP contribution in [0.4, 0.5) is 0 Å². The van der Waals surface area contributed by atoms with Gasteiger partial charge in [-0.25, -0.2) is 0 Å². The molecule has 2 fully saturated rings. The Morgan fingerprint density at radius 1 is 0.950 bits per heavy atom. The van der Waals surface area contributed by atoms with Gasteiger partial charge in [0.2, 0.25) is 11.8 Å². The fraction of sp³-hybridized carbons (Fsp3) is 0.875. The molecule has 2 saturated carbocycles. The first kappa shape index (κ1) is 15.3. The van der Waals surface area contributed by atoms with Crippen molar-refractivity contribution in [2.24, 2.45) is 0 Å². The second kappa shape index (κ2) is 7.65. The molecule has 0 saturated heterocycles. The summed E-state index contributed by atoms with van der Waals surface area (Å²) >= 11 is 0. The van der Waals surface area contributed by atoms with E-state index in [9.17, 15) is 9.59 Å². The number of hydrogen-bond acceptors (Lipinski definition) is 2. The van der Waals surface area contributed by atoms with Crippen molar-refractivity contribution in [3.8, 4) is 0 Å². The number of hydrogen-bond donors (Lipinski definition) is 1. The minimum absolute atomic E-state index is 0.0269. The van der Waals surface area contributed by atoms with Crippen LogP contribution in [0.1, 0.15) is 71.1 Å². The second-order valence-electron chi connectivity index (χ2n) is 6.34. The van der Waals surface area contributed by atoms with E-state index in [1.54, 1.807) is 11.8 Å². The molecule has 0 heterocycles. The minimum Gasteiger partial charge on any atom is -0.352 e. The van der Waals surface area contributed by atoms with Crippen LogP contribution in [0.2, 0.25) is 0 Å². The van der Waals surface area contributed by atoms with Crippen molar-refractivity contribution in [3.05, 3.63) is 0 Å². The zero-order valence-electron chi connectivity index (χ0n) is 12.7. The maximum Gasteiger partial charge on any atom is 0.239 e. The molecule has 4 nitrogen and oxygen atoms in total. The van der Waals surface area contributed by atoms with Crippen molar-refractivity contribution in [2.45, 2.75) is 83.2 Å². The van der Waals surface area contributed by atoms with Gasteiger partial charge >= 0.3 is 0 Å². The standard InChI is InChI=1S/C16H28N2O2/c1-13(19)18(15-10-6-7-11-15)12-16(20)17-14-8-4-2-3-5-9-14/h14-15H,2-12H2,1H3,(H,17,20). The largest absolute Gasteiger partial charge is 0.352 e. The van der Waals surface area contributed by atoms with E-state index in [2.05, 4.69) is 5.32 Å². The van der Waals surface area contributed by atoms with E-state index in [-0.39, 0.29) is 24.4 Å². The van der Waals surface area contributed by atoms with Crippen molar-refractivity contribution in [1.29, 1.82) is 0 Å². The maximum atomic E-state index is 12.2. The summed E-state index contributed by atoms with van der Waals surface area (Å²) in [6.45, 7) is 1.83. The van der Waals surface area contributed by atoms with E-state index in [0.29, 0.717) is 6.04 Å². The molecule has 0 radical (unpaired) electrons. The van der Waals surface area contributed by atoms with Gasteiger partial charge in [0, 0.05) is 19.0 Å². The van der Waals surface area contributed by atoms with Gasteiger partial charge in [0.15, 0.2) is 0 Å². The predicted octanol–water partition coefficient (Wildman–Crippen LogP) is 2.62. The Bertz CT molecular complexity index is 329. The molecule has 0 aromatic rings. The van der Waals surface area contributed by atoms with Gasteiger partial charge < -0.3 is 10.2 Å². The molecule has 0 aromatic carbocycles. The molecule has 2 rings (SSSR count). The molecular formula is C16H28N2O2. The van der Waals surface area contributed by atoms with E-state index in [4.69, 9.17) is 0 Å². The second-order valence-corrected chi connectivity index (χ2v) is 6.34. The summed E-state index contributed by atoms with van der Waals surface area (Å²) in [4.78, 5) is 25.7. The average Bonchev–Trinajstić information content (AvgIpc) is 2.81. The van der Waals surface area contributed by atoms with Crippen molar-refractivity contribution in [1.82, 2.24) is 10.2 Å². The van der Waals surface area contributed by atoms with Crippen LogP contribution in [0.3, 0.4) is 0 Å². The normalized spacial score (nSPS) is 21.4. The summed E-state index contributed by atoms with van der Waals surface area (Å²) in [5, 5.41) is 3.13. The molecule has 0 aromatic heterocycles. The van der Waals surface area contributed by atoms with Crippen molar-refractivity contribution >= 4 is 11.8 Å². The molecule has 4 heteroatoms. The van der Waals surface area contributed by atoms with Gasteiger partial charge in [-0.15, -0.1) is 0 Å². The summed E-state index contributed by atoms with van der Waals surface area (Å²) in [5.74, 6) is 0.0620. The van der Waals surface area contributed by atoms with Crippen LogP contribution in [0.25, 0.3) is 0 Å². The Labute approximate surface area is 122 Å². The van der Waals surface area contributed by atoms with Gasteiger partial charge in [0.25, 0.3) is 0 Å². The van der Waals surface area contributed by atoms with Crippen LogP contribution >= 0.6 is 0 Å². The summed E-state index contributed by atoms with van der Waals surface area (Å²) in [6, 6.07) is 0.606. The lowest BCUT2D eigenvalue weighted by Crippen LogP contribution is -2.46. The zero-order chi connectivity index (χ0) is 14.4. The van der Waals surface area contributed by atoms with E-state index in [1.807, 2.05) is 0 Å². The third-order valence-electron chi connectivity index (χ3n) is 4.70. The molecule has 0 bridgehead atoms. The molecule has 0 aliphatic heterocycles. The van der Waals surface area contributed by atoms with Gasteiger partial charge in [-0.05, 0) is 25.7 Å². The van der Waals surface area contributed by atoms with Gasteiger partial charge in [-0.3, -0.25) is 9.59 Å². The van der Waals surface area contributed by atoms with Crippen LogP contribution in [-0.4, -0.2) is 35.3 Å². The monoisotopic (exact) mass is 280 g/mol. The fourth-order valence-corrected chi connectivity index (χ4v) is 3.57. The van der Waals surface area contributed by atoms with Crippen molar-refractivity contribution in [2.75, 3.05) is 6.54 Å². The molecular weight excluding hydrogens is 252 g/mol. The highest BCUT2D eigenvalue weighted by Crippen LogP contribution is 2.23.